The number of nitrogen functional groups attached to an aromatic ring is 1. The van der Waals surface area contributed by atoms with Gasteiger partial charge in [0.25, 0.3) is 5.91 Å². The number of nitrogens with two attached hydrogens (primary N) is 2. The number of aromatic hydroxyl groups is 1. The third-order valence-electron chi connectivity index (χ3n) is 3.89. The SMILES string of the molecule is CC(C)(CO)Nc1nc(-c2cccc(O)c2F)c2c(N)c(C(N)=O)sc2n1. The van der Waals surface area contributed by atoms with Crippen LogP contribution in [0.2, 0.25) is 0 Å². The Morgan fingerprint density at radius 2 is 2.07 bits per heavy atom. The minimum atomic E-state index is -0.879. The largest absolute Gasteiger partial charge is 0.505 e. The number of primary amides is 1. The molecule has 3 rings (SSSR count). The van der Waals surface area contributed by atoms with Crippen molar-refractivity contribution in [3.8, 4) is 17.0 Å². The summed E-state index contributed by atoms with van der Waals surface area (Å²) in [5, 5.41) is 22.4. The summed E-state index contributed by atoms with van der Waals surface area (Å²) < 4.78 is 14.5. The highest BCUT2D eigenvalue weighted by atomic mass is 32.1. The predicted molar refractivity (Wildman–Crippen MR) is 102 cm³/mol. The van der Waals surface area contributed by atoms with Gasteiger partial charge in [-0.15, -0.1) is 11.3 Å². The molecule has 1 amide bonds. The number of aliphatic hydroxyl groups is 1. The molecule has 0 unspecified atom stereocenters. The summed E-state index contributed by atoms with van der Waals surface area (Å²) in [5.41, 5.74) is 10.8. The van der Waals surface area contributed by atoms with Crippen LogP contribution in [0.5, 0.6) is 5.75 Å². The van der Waals surface area contributed by atoms with Crippen LogP contribution < -0.4 is 16.8 Å². The van der Waals surface area contributed by atoms with E-state index in [0.29, 0.717) is 4.83 Å². The lowest BCUT2D eigenvalue weighted by atomic mass is 10.1. The number of thiophene rings is 1. The number of phenolic OH excluding ortho intramolecular Hbond substituents is 1. The van der Waals surface area contributed by atoms with Crippen LogP contribution in [0.3, 0.4) is 0 Å². The number of phenols is 1. The Labute approximate surface area is 157 Å². The van der Waals surface area contributed by atoms with E-state index in [4.69, 9.17) is 11.5 Å². The lowest BCUT2D eigenvalue weighted by molar-refractivity contribution is 0.100. The summed E-state index contributed by atoms with van der Waals surface area (Å²) in [5.74, 6) is -2.05. The zero-order valence-corrected chi connectivity index (χ0v) is 15.4. The summed E-state index contributed by atoms with van der Waals surface area (Å²) in [6.45, 7) is 3.25. The van der Waals surface area contributed by atoms with E-state index >= 15 is 0 Å². The van der Waals surface area contributed by atoms with Crippen LogP contribution in [-0.4, -0.2) is 38.2 Å². The van der Waals surface area contributed by atoms with Crippen molar-refractivity contribution < 1.29 is 19.4 Å². The molecule has 2 aromatic heterocycles. The van der Waals surface area contributed by atoms with Crippen molar-refractivity contribution in [2.24, 2.45) is 5.73 Å². The normalized spacial score (nSPS) is 11.7. The second kappa shape index (κ2) is 6.63. The molecule has 0 bridgehead atoms. The van der Waals surface area contributed by atoms with Gasteiger partial charge in [0, 0.05) is 5.56 Å². The van der Waals surface area contributed by atoms with Gasteiger partial charge in [-0.2, -0.15) is 0 Å². The Bertz CT molecular complexity index is 1050. The molecule has 0 saturated heterocycles. The van der Waals surface area contributed by atoms with Gasteiger partial charge in [-0.1, -0.05) is 6.07 Å². The van der Waals surface area contributed by atoms with Crippen LogP contribution in [0.15, 0.2) is 18.2 Å². The zero-order valence-electron chi connectivity index (χ0n) is 14.6. The van der Waals surface area contributed by atoms with E-state index in [-0.39, 0.29) is 39.8 Å². The first-order chi connectivity index (χ1) is 12.6. The van der Waals surface area contributed by atoms with Crippen molar-refractivity contribution in [1.82, 2.24) is 9.97 Å². The van der Waals surface area contributed by atoms with E-state index in [9.17, 15) is 19.4 Å². The van der Waals surface area contributed by atoms with Crippen LogP contribution >= 0.6 is 11.3 Å². The smallest absolute Gasteiger partial charge is 0.260 e. The molecule has 0 aliphatic carbocycles. The Kier molecular flexibility index (Phi) is 4.62. The first kappa shape index (κ1) is 18.8. The first-order valence-electron chi connectivity index (χ1n) is 7.91. The second-order valence-electron chi connectivity index (χ2n) is 6.59. The fraction of sp³-hybridized carbons (Fsp3) is 0.235. The second-order valence-corrected chi connectivity index (χ2v) is 7.59. The number of halogens is 1. The van der Waals surface area contributed by atoms with Gasteiger partial charge in [0.2, 0.25) is 5.95 Å². The standard InChI is InChI=1S/C17H18FN5O3S/c1-17(2,6-24)23-16-21-12(7-4-3-5-8(25)10(7)18)9-11(19)13(14(20)26)27-15(9)22-16/h3-5,24-25H,6,19H2,1-2H3,(H2,20,26)(H,21,22,23). The summed E-state index contributed by atoms with van der Waals surface area (Å²) in [4.78, 5) is 20.7. The van der Waals surface area contributed by atoms with Crippen LogP contribution in [0.1, 0.15) is 23.5 Å². The van der Waals surface area contributed by atoms with Gasteiger partial charge < -0.3 is 27.0 Å². The van der Waals surface area contributed by atoms with E-state index in [1.165, 1.54) is 18.2 Å². The fourth-order valence-electron chi connectivity index (χ4n) is 2.50. The maximum atomic E-state index is 14.5. The monoisotopic (exact) mass is 391 g/mol. The molecular formula is C17H18FN5O3S. The molecule has 0 atom stereocenters. The van der Waals surface area contributed by atoms with Crippen molar-refractivity contribution in [3.05, 3.63) is 28.9 Å². The van der Waals surface area contributed by atoms with E-state index in [2.05, 4.69) is 15.3 Å². The predicted octanol–water partition coefficient (Wildman–Crippen LogP) is 2.07. The molecule has 7 N–H and O–H groups in total. The van der Waals surface area contributed by atoms with E-state index in [1.807, 2.05) is 0 Å². The van der Waals surface area contributed by atoms with Gasteiger partial charge in [-0.3, -0.25) is 4.79 Å². The Morgan fingerprint density at radius 3 is 2.70 bits per heavy atom. The Balaban J connectivity index is 2.34. The van der Waals surface area contributed by atoms with Crippen LogP contribution in [0, 0.1) is 5.82 Å². The van der Waals surface area contributed by atoms with Crippen LogP contribution in [-0.2, 0) is 0 Å². The maximum Gasteiger partial charge on any atom is 0.260 e. The lowest BCUT2D eigenvalue weighted by Gasteiger charge is -2.23. The quantitative estimate of drug-likeness (QED) is 0.447. The molecule has 0 fully saturated rings. The first-order valence-corrected chi connectivity index (χ1v) is 8.73. The molecule has 0 spiro atoms. The average Bonchev–Trinajstić information content (AvgIpc) is 2.93. The number of amides is 1. The number of aromatic nitrogens is 2. The Morgan fingerprint density at radius 1 is 1.37 bits per heavy atom. The van der Waals surface area contributed by atoms with Gasteiger partial charge in [0.15, 0.2) is 11.6 Å². The van der Waals surface area contributed by atoms with E-state index in [0.717, 1.165) is 11.3 Å². The lowest BCUT2D eigenvalue weighted by Crippen LogP contribution is -2.35. The molecular weight excluding hydrogens is 373 g/mol. The third-order valence-corrected chi connectivity index (χ3v) is 5.01. The van der Waals surface area contributed by atoms with Crippen molar-refractivity contribution in [2.75, 3.05) is 17.7 Å². The molecule has 3 aromatic rings. The van der Waals surface area contributed by atoms with Gasteiger partial charge in [0.05, 0.1) is 28.9 Å². The number of benzene rings is 1. The minimum absolute atomic E-state index is 0.00669. The van der Waals surface area contributed by atoms with Crippen LogP contribution in [0.25, 0.3) is 21.5 Å². The highest BCUT2D eigenvalue weighted by molar-refractivity contribution is 7.21. The van der Waals surface area contributed by atoms with Gasteiger partial charge >= 0.3 is 0 Å². The Hall–Kier alpha value is -2.98. The number of rotatable bonds is 5. The number of carbonyl (C=O) groups is 1. The molecule has 0 aliphatic heterocycles. The van der Waals surface area contributed by atoms with Crippen molar-refractivity contribution in [3.63, 3.8) is 0 Å². The van der Waals surface area contributed by atoms with E-state index in [1.54, 1.807) is 13.8 Å². The maximum absolute atomic E-state index is 14.5. The third kappa shape index (κ3) is 3.36. The number of aliphatic hydroxyl groups excluding tert-OH is 1. The number of nitrogens with one attached hydrogen (secondary N) is 1. The van der Waals surface area contributed by atoms with Gasteiger partial charge in [-0.25, -0.2) is 14.4 Å². The number of anilines is 2. The molecule has 0 aliphatic rings. The molecule has 0 radical (unpaired) electrons. The molecule has 142 valence electrons. The molecule has 8 nitrogen and oxygen atoms in total. The van der Waals surface area contributed by atoms with Crippen molar-refractivity contribution in [2.45, 2.75) is 19.4 Å². The molecule has 1 aromatic carbocycles. The average molecular weight is 391 g/mol. The van der Waals surface area contributed by atoms with Gasteiger partial charge in [-0.05, 0) is 26.0 Å². The van der Waals surface area contributed by atoms with Gasteiger partial charge in [0.1, 0.15) is 9.71 Å². The number of nitrogens with zero attached hydrogens (tertiary/aromatic N) is 2. The van der Waals surface area contributed by atoms with Crippen molar-refractivity contribution >= 4 is 39.1 Å². The number of fused-ring (bicyclic) bond motifs is 1. The topological polar surface area (TPSA) is 147 Å². The molecule has 0 saturated carbocycles. The van der Waals surface area contributed by atoms with Crippen molar-refractivity contribution in [1.29, 1.82) is 0 Å². The molecule has 2 heterocycles. The summed E-state index contributed by atoms with van der Waals surface area (Å²) in [7, 11) is 0. The summed E-state index contributed by atoms with van der Waals surface area (Å²) in [6, 6.07) is 4.10. The highest BCUT2D eigenvalue weighted by Crippen LogP contribution is 2.40. The van der Waals surface area contributed by atoms with E-state index < -0.39 is 23.0 Å². The minimum Gasteiger partial charge on any atom is -0.505 e. The highest BCUT2D eigenvalue weighted by Gasteiger charge is 2.25. The van der Waals surface area contributed by atoms with Crippen LogP contribution in [0.4, 0.5) is 16.0 Å². The number of hydrogen-bond donors (Lipinski definition) is 5. The molecule has 10 heteroatoms. The number of hydrogen-bond acceptors (Lipinski definition) is 8. The summed E-state index contributed by atoms with van der Waals surface area (Å²) >= 11 is 0.961. The summed E-state index contributed by atoms with van der Waals surface area (Å²) in [6.07, 6.45) is 0. The molecule has 27 heavy (non-hydrogen) atoms. The zero-order chi connectivity index (χ0) is 19.9. The fourth-order valence-corrected chi connectivity index (χ4v) is 3.45. The number of carbonyl (C=O) groups excluding carboxylic acids is 1.